The third-order valence-electron chi connectivity index (χ3n) is 4.42. The van der Waals surface area contributed by atoms with Crippen molar-refractivity contribution in [3.8, 4) is 0 Å². The lowest BCUT2D eigenvalue weighted by Crippen LogP contribution is -3.12. The fraction of sp³-hybridized carbons (Fsp3) is 0.500. The van der Waals surface area contributed by atoms with Gasteiger partial charge in [0.1, 0.15) is 25.0 Å². The number of ether oxygens (including phenoxy) is 2. The molecule has 0 radical (unpaired) electrons. The van der Waals surface area contributed by atoms with E-state index in [1.54, 1.807) is 20.3 Å². The number of quaternary nitrogens is 1. The minimum absolute atomic E-state index is 0.188. The zero-order valence-electron chi connectivity index (χ0n) is 15.7. The second-order valence-electron chi connectivity index (χ2n) is 6.56. The van der Waals surface area contributed by atoms with Crippen LogP contribution in [0.25, 0.3) is 0 Å². The van der Waals surface area contributed by atoms with Gasteiger partial charge in [0.15, 0.2) is 0 Å². The van der Waals surface area contributed by atoms with Crippen molar-refractivity contribution >= 4 is 0 Å². The van der Waals surface area contributed by atoms with Crippen LogP contribution >= 0.6 is 0 Å². The van der Waals surface area contributed by atoms with Gasteiger partial charge >= 0.3 is 0 Å². The molecular formula is C20H30FN2O3+. The van der Waals surface area contributed by atoms with Gasteiger partial charge in [0.05, 0.1) is 32.0 Å². The Kier molecular flexibility index (Phi) is 8.77. The van der Waals surface area contributed by atoms with E-state index in [-0.39, 0.29) is 5.82 Å². The number of halogens is 1. The molecule has 6 heteroatoms. The largest absolute Gasteiger partial charge is 0.385 e. The lowest BCUT2D eigenvalue weighted by molar-refractivity contribution is -0.917. The molecule has 2 rings (SSSR count). The Hall–Kier alpha value is -1.73. The van der Waals surface area contributed by atoms with Crippen molar-refractivity contribution in [3.63, 3.8) is 0 Å². The van der Waals surface area contributed by atoms with Gasteiger partial charge in [-0.25, -0.2) is 4.39 Å². The molecule has 26 heavy (non-hydrogen) atoms. The highest BCUT2D eigenvalue weighted by Crippen LogP contribution is 2.11. The van der Waals surface area contributed by atoms with Crippen LogP contribution in [0.4, 0.5) is 4.39 Å². The van der Waals surface area contributed by atoms with E-state index < -0.39 is 6.10 Å². The van der Waals surface area contributed by atoms with E-state index in [0.717, 1.165) is 25.2 Å². The van der Waals surface area contributed by atoms with Gasteiger partial charge < -0.3 is 24.0 Å². The number of nitrogens with one attached hydrogen (secondary N) is 1. The van der Waals surface area contributed by atoms with Crippen LogP contribution in [0, 0.1) is 5.82 Å². The summed E-state index contributed by atoms with van der Waals surface area (Å²) in [6.45, 7) is 3.76. The molecular weight excluding hydrogens is 335 g/mol. The van der Waals surface area contributed by atoms with Crippen molar-refractivity contribution in [1.82, 2.24) is 4.57 Å². The first-order chi connectivity index (χ1) is 12.6. The molecule has 1 unspecified atom stereocenters. The first-order valence-corrected chi connectivity index (χ1v) is 9.01. The van der Waals surface area contributed by atoms with Gasteiger partial charge in [-0.05, 0) is 18.2 Å². The molecule has 0 aliphatic carbocycles. The number of aliphatic hydroxyl groups is 1. The van der Waals surface area contributed by atoms with Gasteiger partial charge in [0.2, 0.25) is 0 Å². The van der Waals surface area contributed by atoms with Crippen LogP contribution < -0.4 is 4.90 Å². The summed E-state index contributed by atoms with van der Waals surface area (Å²) in [6, 6.07) is 10.9. The van der Waals surface area contributed by atoms with E-state index >= 15 is 0 Å². The molecule has 0 amide bonds. The van der Waals surface area contributed by atoms with E-state index in [1.807, 2.05) is 24.4 Å². The summed E-state index contributed by atoms with van der Waals surface area (Å²) in [5.41, 5.74) is 1.79. The highest BCUT2D eigenvalue weighted by molar-refractivity contribution is 5.19. The van der Waals surface area contributed by atoms with Gasteiger partial charge in [-0.15, -0.1) is 0 Å². The Morgan fingerprint density at radius 3 is 2.69 bits per heavy atom. The van der Waals surface area contributed by atoms with Crippen LogP contribution in [0.3, 0.4) is 0 Å². The second kappa shape index (κ2) is 11.1. The monoisotopic (exact) mass is 365 g/mol. The van der Waals surface area contributed by atoms with Crippen LogP contribution in [0.5, 0.6) is 0 Å². The van der Waals surface area contributed by atoms with E-state index in [4.69, 9.17) is 9.47 Å². The smallest absolute Gasteiger partial charge is 0.128 e. The van der Waals surface area contributed by atoms with Crippen molar-refractivity contribution in [1.29, 1.82) is 0 Å². The summed E-state index contributed by atoms with van der Waals surface area (Å²) in [4.78, 5) is 1.25. The average molecular weight is 365 g/mol. The lowest BCUT2D eigenvalue weighted by atomic mass is 10.2. The molecule has 1 aromatic carbocycles. The van der Waals surface area contributed by atoms with E-state index in [9.17, 15) is 9.50 Å². The molecule has 144 valence electrons. The number of rotatable bonds is 12. The standard InChI is InChI=1S/C20H29FN2O3/c1-25-12-6-10-22(15-19(24)16-26-2)14-18-8-5-11-23(18)13-17-7-3-4-9-20(17)21/h3-5,7-9,11,19,24H,6,10,12-16H2,1-2H3/p+1/t19-/m1/s1. The van der Waals surface area contributed by atoms with Crippen molar-refractivity contribution in [2.75, 3.05) is 40.5 Å². The summed E-state index contributed by atoms with van der Waals surface area (Å²) in [7, 11) is 3.28. The highest BCUT2D eigenvalue weighted by atomic mass is 19.1. The van der Waals surface area contributed by atoms with Crippen molar-refractivity contribution < 1.29 is 23.9 Å². The fourth-order valence-corrected chi connectivity index (χ4v) is 3.14. The molecule has 0 fully saturated rings. The zero-order valence-corrected chi connectivity index (χ0v) is 15.7. The molecule has 1 aromatic heterocycles. The van der Waals surface area contributed by atoms with Gasteiger partial charge in [-0.2, -0.15) is 0 Å². The maximum Gasteiger partial charge on any atom is 0.128 e. The lowest BCUT2D eigenvalue weighted by Gasteiger charge is -2.23. The quantitative estimate of drug-likeness (QED) is 0.554. The molecule has 0 aliphatic heterocycles. The number of aliphatic hydroxyl groups excluding tert-OH is 1. The number of methoxy groups -OCH3 is 2. The zero-order chi connectivity index (χ0) is 18.8. The van der Waals surface area contributed by atoms with Gasteiger partial charge in [0, 0.05) is 32.4 Å². The van der Waals surface area contributed by atoms with Crippen LogP contribution in [0.2, 0.25) is 0 Å². The van der Waals surface area contributed by atoms with Gasteiger partial charge in [-0.1, -0.05) is 18.2 Å². The molecule has 0 bridgehead atoms. The van der Waals surface area contributed by atoms with Gasteiger partial charge in [0.25, 0.3) is 0 Å². The maximum absolute atomic E-state index is 14.0. The third-order valence-corrected chi connectivity index (χ3v) is 4.42. The molecule has 1 heterocycles. The topological polar surface area (TPSA) is 48.1 Å². The maximum atomic E-state index is 14.0. The van der Waals surface area contributed by atoms with E-state index in [1.165, 1.54) is 11.0 Å². The highest BCUT2D eigenvalue weighted by Gasteiger charge is 2.17. The first-order valence-electron chi connectivity index (χ1n) is 9.01. The molecule has 0 saturated carbocycles. The molecule has 2 aromatic rings. The number of hydrogen-bond donors (Lipinski definition) is 2. The summed E-state index contributed by atoms with van der Waals surface area (Å²) in [5.74, 6) is -0.188. The molecule has 5 nitrogen and oxygen atoms in total. The van der Waals surface area contributed by atoms with Gasteiger partial charge in [-0.3, -0.25) is 0 Å². The summed E-state index contributed by atoms with van der Waals surface area (Å²) >= 11 is 0. The minimum Gasteiger partial charge on any atom is -0.385 e. The number of aromatic nitrogens is 1. The van der Waals surface area contributed by atoms with Crippen LogP contribution in [0.15, 0.2) is 42.6 Å². The summed E-state index contributed by atoms with van der Waals surface area (Å²) in [5, 5.41) is 10.1. The van der Waals surface area contributed by atoms with Crippen molar-refractivity contribution in [2.24, 2.45) is 0 Å². The van der Waals surface area contributed by atoms with Crippen molar-refractivity contribution in [3.05, 3.63) is 59.7 Å². The number of hydrogen-bond acceptors (Lipinski definition) is 3. The van der Waals surface area contributed by atoms with E-state index in [0.29, 0.717) is 31.9 Å². The molecule has 2 N–H and O–H groups in total. The van der Waals surface area contributed by atoms with E-state index in [2.05, 4.69) is 10.6 Å². The normalized spacial score (nSPS) is 13.7. The Bertz CT molecular complexity index is 647. The Morgan fingerprint density at radius 2 is 1.96 bits per heavy atom. The summed E-state index contributed by atoms with van der Waals surface area (Å²) in [6.07, 6.45) is 2.38. The molecule has 0 aliphatic rings. The molecule has 0 saturated heterocycles. The average Bonchev–Trinajstić information content (AvgIpc) is 3.04. The Balaban J connectivity index is 2.05. The predicted molar refractivity (Wildman–Crippen MR) is 98.7 cm³/mol. The number of benzene rings is 1. The predicted octanol–water partition coefficient (Wildman–Crippen LogP) is 1.10. The number of nitrogens with zero attached hydrogens (tertiary/aromatic N) is 1. The Morgan fingerprint density at radius 1 is 1.15 bits per heavy atom. The first kappa shape index (κ1) is 20.6. The molecule has 2 atom stereocenters. The second-order valence-corrected chi connectivity index (χ2v) is 6.56. The fourth-order valence-electron chi connectivity index (χ4n) is 3.14. The minimum atomic E-state index is -0.507. The SMILES string of the molecule is COCCC[NH+](Cc1cccn1Cc1ccccc1F)C[C@@H](O)COC. The summed E-state index contributed by atoms with van der Waals surface area (Å²) < 4.78 is 26.2. The molecule has 0 spiro atoms. The van der Waals surface area contributed by atoms with Crippen LogP contribution in [0.1, 0.15) is 17.7 Å². The van der Waals surface area contributed by atoms with Crippen LogP contribution in [-0.4, -0.2) is 56.3 Å². The third kappa shape index (κ3) is 6.53. The van der Waals surface area contributed by atoms with Crippen molar-refractivity contribution in [2.45, 2.75) is 25.6 Å². The Labute approximate surface area is 155 Å². The van der Waals surface area contributed by atoms with Crippen LogP contribution in [-0.2, 0) is 22.6 Å².